The molecule has 132 valence electrons. The maximum absolute atomic E-state index is 14.4. The molecule has 0 amide bonds. The maximum atomic E-state index is 14.4. The lowest BCUT2D eigenvalue weighted by atomic mass is 10.0. The van der Waals surface area contributed by atoms with E-state index in [0.717, 1.165) is 0 Å². The molecule has 0 fully saturated rings. The Hall–Kier alpha value is -2.48. The van der Waals surface area contributed by atoms with E-state index in [9.17, 15) is 8.96 Å². The Bertz CT molecular complexity index is 868. The van der Waals surface area contributed by atoms with Crippen LogP contribution in [0, 0.1) is 5.82 Å². The highest BCUT2D eigenvalue weighted by atomic mass is 31.2. The summed E-state index contributed by atoms with van der Waals surface area (Å²) in [5.41, 5.74) is 0.486. The van der Waals surface area contributed by atoms with Gasteiger partial charge in [-0.3, -0.25) is 9.65 Å². The molecule has 0 spiro atoms. The minimum atomic E-state index is -3.16. The van der Waals surface area contributed by atoms with Crippen molar-refractivity contribution >= 4 is 17.9 Å². The molecule has 0 aliphatic carbocycles. The molecule has 4 heteroatoms. The van der Waals surface area contributed by atoms with Crippen molar-refractivity contribution < 1.29 is 8.96 Å². The van der Waals surface area contributed by atoms with Gasteiger partial charge in [0, 0.05) is 22.2 Å². The maximum Gasteiger partial charge on any atom is 0.205 e. The molecule has 0 radical (unpaired) electrons. The van der Waals surface area contributed by atoms with Crippen LogP contribution in [0.25, 0.3) is 0 Å². The molecule has 0 aliphatic rings. The van der Waals surface area contributed by atoms with Crippen molar-refractivity contribution in [1.29, 1.82) is 0 Å². The molecule has 0 saturated heterocycles. The van der Waals surface area contributed by atoms with Crippen LogP contribution in [-0.4, -0.2) is 0 Å². The molecule has 0 aromatic heterocycles. The number of rotatable bonds is 7. The SMILES string of the molecule is C=CC[C@@H](NP(=O)(c1ccccc1)c1ccccc1)c1ccccc1F. The smallest absolute Gasteiger partial charge is 0.205 e. The van der Waals surface area contributed by atoms with Gasteiger partial charge < -0.3 is 0 Å². The predicted molar refractivity (Wildman–Crippen MR) is 107 cm³/mol. The first-order valence-corrected chi connectivity index (χ1v) is 10.2. The second-order valence-corrected chi connectivity index (χ2v) is 8.52. The molecule has 1 N–H and O–H groups in total. The highest BCUT2D eigenvalue weighted by Gasteiger charge is 2.31. The van der Waals surface area contributed by atoms with Crippen LogP contribution in [0.2, 0.25) is 0 Å². The van der Waals surface area contributed by atoms with Crippen molar-refractivity contribution in [3.8, 4) is 0 Å². The van der Waals surface area contributed by atoms with Crippen LogP contribution >= 0.6 is 7.29 Å². The second kappa shape index (κ2) is 8.27. The predicted octanol–water partition coefficient (Wildman–Crippen LogP) is 4.96. The van der Waals surface area contributed by atoms with Crippen LogP contribution in [0.15, 0.2) is 97.6 Å². The van der Waals surface area contributed by atoms with Gasteiger partial charge >= 0.3 is 0 Å². The molecular formula is C22H21FNOP. The van der Waals surface area contributed by atoms with Crippen LogP contribution in [0.5, 0.6) is 0 Å². The van der Waals surface area contributed by atoms with Gasteiger partial charge in [-0.25, -0.2) is 4.39 Å². The van der Waals surface area contributed by atoms with E-state index in [1.54, 1.807) is 24.3 Å². The third-order valence-corrected chi connectivity index (χ3v) is 6.99. The van der Waals surface area contributed by atoms with Gasteiger partial charge in [0.2, 0.25) is 7.29 Å². The molecule has 0 saturated carbocycles. The van der Waals surface area contributed by atoms with E-state index in [-0.39, 0.29) is 5.82 Å². The standard InChI is InChI=1S/C22H21FNOP/c1-2-11-22(20-16-9-10-17-21(20)23)24-26(25,18-12-5-3-6-13-18)19-14-7-4-8-15-19/h2-10,12-17,22H,1,11H2,(H,24,25)/t22-/m1/s1. The highest BCUT2D eigenvalue weighted by Crippen LogP contribution is 2.42. The highest BCUT2D eigenvalue weighted by molar-refractivity contribution is 7.76. The van der Waals surface area contributed by atoms with Gasteiger partial charge in [0.15, 0.2) is 0 Å². The van der Waals surface area contributed by atoms with E-state index < -0.39 is 13.3 Å². The topological polar surface area (TPSA) is 29.1 Å². The third-order valence-electron chi connectivity index (χ3n) is 4.26. The molecule has 0 unspecified atom stereocenters. The molecule has 0 bridgehead atoms. The Labute approximate surface area is 153 Å². The van der Waals surface area contributed by atoms with Crippen LogP contribution in [0.3, 0.4) is 0 Å². The Morgan fingerprint density at radius 2 is 1.38 bits per heavy atom. The molecule has 3 aromatic carbocycles. The Balaban J connectivity index is 2.09. The van der Waals surface area contributed by atoms with Crippen molar-refractivity contribution in [2.24, 2.45) is 0 Å². The van der Waals surface area contributed by atoms with E-state index in [0.29, 0.717) is 22.6 Å². The number of nitrogens with one attached hydrogen (secondary N) is 1. The van der Waals surface area contributed by atoms with Crippen LogP contribution in [0.1, 0.15) is 18.0 Å². The minimum absolute atomic E-state index is 0.320. The quantitative estimate of drug-likeness (QED) is 0.474. The minimum Gasteiger partial charge on any atom is -0.297 e. The summed E-state index contributed by atoms with van der Waals surface area (Å²) < 4.78 is 28.5. The van der Waals surface area contributed by atoms with E-state index in [2.05, 4.69) is 11.7 Å². The molecule has 0 heterocycles. The van der Waals surface area contributed by atoms with Crippen molar-refractivity contribution in [3.63, 3.8) is 0 Å². The monoisotopic (exact) mass is 365 g/mol. The fourth-order valence-corrected chi connectivity index (χ4v) is 5.43. The zero-order chi connectivity index (χ0) is 18.4. The lowest BCUT2D eigenvalue weighted by molar-refractivity contribution is 0.542. The molecule has 26 heavy (non-hydrogen) atoms. The molecule has 3 rings (SSSR count). The normalized spacial score (nSPS) is 12.5. The summed E-state index contributed by atoms with van der Waals surface area (Å²) in [6, 6.07) is 24.7. The molecule has 2 nitrogen and oxygen atoms in total. The Morgan fingerprint density at radius 1 is 0.885 bits per heavy atom. The number of hydrogen-bond acceptors (Lipinski definition) is 1. The zero-order valence-corrected chi connectivity index (χ0v) is 15.3. The van der Waals surface area contributed by atoms with Gasteiger partial charge in [0.1, 0.15) is 5.82 Å². The van der Waals surface area contributed by atoms with Crippen LogP contribution < -0.4 is 15.7 Å². The van der Waals surface area contributed by atoms with Crippen molar-refractivity contribution in [2.45, 2.75) is 12.5 Å². The number of halogens is 1. The summed E-state index contributed by atoms with van der Waals surface area (Å²) >= 11 is 0. The Morgan fingerprint density at radius 3 is 1.88 bits per heavy atom. The Kier molecular flexibility index (Phi) is 5.82. The van der Waals surface area contributed by atoms with Gasteiger partial charge in [-0.2, -0.15) is 0 Å². The van der Waals surface area contributed by atoms with E-state index in [4.69, 9.17) is 0 Å². The lowest BCUT2D eigenvalue weighted by Crippen LogP contribution is -2.30. The fourth-order valence-electron chi connectivity index (χ4n) is 2.97. The van der Waals surface area contributed by atoms with Gasteiger partial charge in [-0.1, -0.05) is 60.7 Å². The van der Waals surface area contributed by atoms with Crippen molar-refractivity contribution in [2.75, 3.05) is 0 Å². The third kappa shape index (κ3) is 3.85. The first kappa shape index (κ1) is 18.3. The van der Waals surface area contributed by atoms with E-state index in [1.807, 2.05) is 60.7 Å². The summed E-state index contributed by atoms with van der Waals surface area (Å²) in [5.74, 6) is -0.320. The summed E-state index contributed by atoms with van der Waals surface area (Å²) in [4.78, 5) is 0. The summed E-state index contributed by atoms with van der Waals surface area (Å²) in [7, 11) is -3.16. The van der Waals surface area contributed by atoms with Gasteiger partial charge in [-0.05, 0) is 36.8 Å². The summed E-state index contributed by atoms with van der Waals surface area (Å²) in [5, 5.41) is 4.65. The van der Waals surface area contributed by atoms with Crippen molar-refractivity contribution in [1.82, 2.24) is 5.09 Å². The molecule has 0 aliphatic heterocycles. The number of hydrogen-bond donors (Lipinski definition) is 1. The first-order chi connectivity index (χ1) is 12.6. The van der Waals surface area contributed by atoms with E-state index in [1.165, 1.54) is 6.07 Å². The number of benzene rings is 3. The second-order valence-electron chi connectivity index (χ2n) is 6.01. The lowest BCUT2D eigenvalue weighted by Gasteiger charge is -2.27. The first-order valence-electron chi connectivity index (χ1n) is 8.49. The van der Waals surface area contributed by atoms with Gasteiger partial charge in [-0.15, -0.1) is 6.58 Å². The molecular weight excluding hydrogens is 344 g/mol. The van der Waals surface area contributed by atoms with Crippen LogP contribution in [0.4, 0.5) is 4.39 Å². The molecule has 1 atom stereocenters. The van der Waals surface area contributed by atoms with E-state index >= 15 is 0 Å². The van der Waals surface area contributed by atoms with Gasteiger partial charge in [0.25, 0.3) is 0 Å². The van der Waals surface area contributed by atoms with Crippen LogP contribution in [-0.2, 0) is 4.57 Å². The zero-order valence-electron chi connectivity index (χ0n) is 14.4. The average molecular weight is 365 g/mol. The average Bonchev–Trinajstić information content (AvgIpc) is 2.69. The largest absolute Gasteiger partial charge is 0.297 e. The van der Waals surface area contributed by atoms with Crippen molar-refractivity contribution in [3.05, 3.63) is 109 Å². The fraction of sp³-hybridized carbons (Fsp3) is 0.0909. The molecule has 3 aromatic rings. The summed E-state index contributed by atoms with van der Waals surface area (Å²) in [6.07, 6.45) is 2.18. The van der Waals surface area contributed by atoms with Gasteiger partial charge in [0.05, 0.1) is 0 Å². The summed E-state index contributed by atoms with van der Waals surface area (Å²) in [6.45, 7) is 3.78.